The van der Waals surface area contributed by atoms with Crippen LogP contribution in [0.15, 0.2) is 30.3 Å². The van der Waals surface area contributed by atoms with E-state index < -0.39 is 6.04 Å². The van der Waals surface area contributed by atoms with Gasteiger partial charge in [-0.2, -0.15) is 0 Å². The molecule has 0 heterocycles. The minimum Gasteiger partial charge on any atom is -0.348 e. The molecule has 2 atom stereocenters. The standard InChI is InChI=1S/C16H26N2O/c1-5-9-13(12-10-7-6-8-11-12)18-15(19)14(17)16(2,3)4/h6-8,10-11,13-14H,5,9,17H2,1-4H3,(H,18,19). The van der Waals surface area contributed by atoms with Crippen LogP contribution in [0.2, 0.25) is 0 Å². The number of carbonyl (C=O) groups is 1. The van der Waals surface area contributed by atoms with Crippen molar-refractivity contribution in [3.63, 3.8) is 0 Å². The minimum atomic E-state index is -0.490. The Morgan fingerprint density at radius 2 is 1.84 bits per heavy atom. The Labute approximate surface area is 116 Å². The Kier molecular flexibility index (Phi) is 5.55. The smallest absolute Gasteiger partial charge is 0.237 e. The van der Waals surface area contributed by atoms with Gasteiger partial charge in [-0.15, -0.1) is 0 Å². The molecule has 0 saturated carbocycles. The van der Waals surface area contributed by atoms with Crippen molar-refractivity contribution in [3.8, 4) is 0 Å². The topological polar surface area (TPSA) is 55.1 Å². The molecule has 3 N–H and O–H groups in total. The fraction of sp³-hybridized carbons (Fsp3) is 0.562. The SMILES string of the molecule is CCCC(NC(=O)C(N)C(C)(C)C)c1ccccc1. The fourth-order valence-corrected chi connectivity index (χ4v) is 1.95. The van der Waals surface area contributed by atoms with Crippen LogP contribution in [0.1, 0.15) is 52.1 Å². The van der Waals surface area contributed by atoms with Gasteiger partial charge in [0.25, 0.3) is 0 Å². The molecule has 0 fully saturated rings. The largest absolute Gasteiger partial charge is 0.348 e. The lowest BCUT2D eigenvalue weighted by molar-refractivity contribution is -0.125. The number of rotatable bonds is 5. The quantitative estimate of drug-likeness (QED) is 0.857. The van der Waals surface area contributed by atoms with Gasteiger partial charge in [0.15, 0.2) is 0 Å². The summed E-state index contributed by atoms with van der Waals surface area (Å²) < 4.78 is 0. The summed E-state index contributed by atoms with van der Waals surface area (Å²) in [5, 5.41) is 3.08. The first-order chi connectivity index (χ1) is 8.86. The van der Waals surface area contributed by atoms with Gasteiger partial charge in [0.1, 0.15) is 0 Å². The summed E-state index contributed by atoms with van der Waals surface area (Å²) in [6.07, 6.45) is 1.94. The summed E-state index contributed by atoms with van der Waals surface area (Å²) >= 11 is 0. The zero-order valence-electron chi connectivity index (χ0n) is 12.4. The van der Waals surface area contributed by atoms with Gasteiger partial charge < -0.3 is 11.1 Å². The molecule has 0 saturated heterocycles. The van der Waals surface area contributed by atoms with Crippen LogP contribution in [0.25, 0.3) is 0 Å². The third kappa shape index (κ3) is 4.67. The molecule has 0 aliphatic carbocycles. The van der Waals surface area contributed by atoms with Crippen molar-refractivity contribution < 1.29 is 4.79 Å². The molecule has 0 aliphatic heterocycles. The Hall–Kier alpha value is -1.35. The van der Waals surface area contributed by atoms with Crippen LogP contribution in [0, 0.1) is 5.41 Å². The van der Waals surface area contributed by atoms with E-state index in [1.54, 1.807) is 0 Å². The molecule has 1 aromatic carbocycles. The molecule has 0 aliphatic rings. The van der Waals surface area contributed by atoms with Gasteiger partial charge in [0, 0.05) is 0 Å². The lowest BCUT2D eigenvalue weighted by Crippen LogP contribution is -2.49. The van der Waals surface area contributed by atoms with E-state index in [2.05, 4.69) is 12.2 Å². The molecule has 1 aromatic rings. The highest BCUT2D eigenvalue weighted by Gasteiger charge is 2.28. The van der Waals surface area contributed by atoms with Crippen LogP contribution >= 0.6 is 0 Å². The third-order valence-electron chi connectivity index (χ3n) is 3.31. The molecule has 1 rings (SSSR count). The first-order valence-electron chi connectivity index (χ1n) is 6.97. The number of hydrogen-bond acceptors (Lipinski definition) is 2. The van der Waals surface area contributed by atoms with E-state index in [9.17, 15) is 4.79 Å². The van der Waals surface area contributed by atoms with Gasteiger partial charge in [-0.1, -0.05) is 64.4 Å². The molecule has 0 radical (unpaired) electrons. The Bertz CT molecular complexity index is 395. The molecule has 3 nitrogen and oxygen atoms in total. The second-order valence-corrected chi connectivity index (χ2v) is 6.10. The summed E-state index contributed by atoms with van der Waals surface area (Å²) in [7, 11) is 0. The first kappa shape index (κ1) is 15.7. The van der Waals surface area contributed by atoms with Gasteiger partial charge in [-0.25, -0.2) is 0 Å². The number of nitrogens with one attached hydrogen (secondary N) is 1. The normalized spacial score (nSPS) is 14.8. The molecule has 1 amide bonds. The number of carbonyl (C=O) groups excluding carboxylic acids is 1. The van der Waals surface area contributed by atoms with E-state index in [1.165, 1.54) is 0 Å². The number of hydrogen-bond donors (Lipinski definition) is 2. The van der Waals surface area contributed by atoms with Crippen molar-refractivity contribution in [1.82, 2.24) is 5.32 Å². The monoisotopic (exact) mass is 262 g/mol. The maximum atomic E-state index is 12.2. The fourth-order valence-electron chi connectivity index (χ4n) is 1.95. The predicted molar refractivity (Wildman–Crippen MR) is 79.7 cm³/mol. The molecule has 19 heavy (non-hydrogen) atoms. The van der Waals surface area contributed by atoms with Gasteiger partial charge in [-0.05, 0) is 17.4 Å². The second-order valence-electron chi connectivity index (χ2n) is 6.10. The summed E-state index contributed by atoms with van der Waals surface area (Å²) in [5.74, 6) is -0.0743. The zero-order chi connectivity index (χ0) is 14.5. The maximum absolute atomic E-state index is 12.2. The molecule has 3 heteroatoms. The lowest BCUT2D eigenvalue weighted by atomic mass is 9.86. The highest BCUT2D eigenvalue weighted by atomic mass is 16.2. The van der Waals surface area contributed by atoms with Gasteiger partial charge in [-0.3, -0.25) is 4.79 Å². The van der Waals surface area contributed by atoms with E-state index in [4.69, 9.17) is 5.73 Å². The van der Waals surface area contributed by atoms with Crippen molar-refractivity contribution in [2.24, 2.45) is 11.1 Å². The Morgan fingerprint density at radius 3 is 2.32 bits per heavy atom. The Balaban J connectivity index is 2.77. The van der Waals surface area contributed by atoms with Gasteiger partial charge in [0.2, 0.25) is 5.91 Å². The van der Waals surface area contributed by atoms with E-state index in [0.29, 0.717) is 0 Å². The van der Waals surface area contributed by atoms with Crippen LogP contribution in [0.3, 0.4) is 0 Å². The van der Waals surface area contributed by atoms with E-state index >= 15 is 0 Å². The minimum absolute atomic E-state index is 0.0482. The molecular formula is C16H26N2O. The van der Waals surface area contributed by atoms with Gasteiger partial charge in [0.05, 0.1) is 12.1 Å². The molecule has 0 aromatic heterocycles. The van der Waals surface area contributed by atoms with Crippen molar-refractivity contribution >= 4 is 5.91 Å². The van der Waals surface area contributed by atoms with Crippen LogP contribution in [0.5, 0.6) is 0 Å². The summed E-state index contributed by atoms with van der Waals surface area (Å²) in [5.41, 5.74) is 6.92. The number of benzene rings is 1. The van der Waals surface area contributed by atoms with Crippen LogP contribution in [-0.2, 0) is 4.79 Å². The second kappa shape index (κ2) is 6.71. The van der Waals surface area contributed by atoms with Gasteiger partial charge >= 0.3 is 0 Å². The van der Waals surface area contributed by atoms with Crippen molar-refractivity contribution in [2.45, 2.75) is 52.6 Å². The van der Waals surface area contributed by atoms with Crippen LogP contribution < -0.4 is 11.1 Å². The third-order valence-corrected chi connectivity index (χ3v) is 3.31. The van der Waals surface area contributed by atoms with E-state index in [1.807, 2.05) is 51.1 Å². The summed E-state index contributed by atoms with van der Waals surface area (Å²) in [4.78, 5) is 12.2. The number of amides is 1. The molecule has 0 spiro atoms. The summed E-state index contributed by atoms with van der Waals surface area (Å²) in [6.45, 7) is 8.06. The molecule has 106 valence electrons. The maximum Gasteiger partial charge on any atom is 0.237 e. The highest BCUT2D eigenvalue weighted by molar-refractivity contribution is 5.82. The van der Waals surface area contributed by atoms with E-state index in [-0.39, 0.29) is 17.4 Å². The van der Waals surface area contributed by atoms with Crippen molar-refractivity contribution in [3.05, 3.63) is 35.9 Å². The van der Waals surface area contributed by atoms with Crippen LogP contribution in [0.4, 0.5) is 0 Å². The first-order valence-corrected chi connectivity index (χ1v) is 6.97. The Morgan fingerprint density at radius 1 is 1.26 bits per heavy atom. The molecule has 2 unspecified atom stereocenters. The predicted octanol–water partition coefficient (Wildman–Crippen LogP) is 3.02. The summed E-state index contributed by atoms with van der Waals surface area (Å²) in [6, 6.07) is 9.62. The van der Waals surface area contributed by atoms with Crippen LogP contribution in [-0.4, -0.2) is 11.9 Å². The van der Waals surface area contributed by atoms with Crippen molar-refractivity contribution in [2.75, 3.05) is 0 Å². The molecule has 0 bridgehead atoms. The van der Waals surface area contributed by atoms with Crippen molar-refractivity contribution in [1.29, 1.82) is 0 Å². The lowest BCUT2D eigenvalue weighted by Gasteiger charge is -2.28. The average molecular weight is 262 g/mol. The zero-order valence-corrected chi connectivity index (χ0v) is 12.4. The number of nitrogens with two attached hydrogens (primary N) is 1. The average Bonchev–Trinajstić information content (AvgIpc) is 2.37. The molecular weight excluding hydrogens is 236 g/mol. The van der Waals surface area contributed by atoms with E-state index in [0.717, 1.165) is 18.4 Å². The highest BCUT2D eigenvalue weighted by Crippen LogP contribution is 2.21.